The Balaban J connectivity index is 2.23. The Labute approximate surface area is 109 Å². The summed E-state index contributed by atoms with van der Waals surface area (Å²) in [6.45, 7) is 0. The summed E-state index contributed by atoms with van der Waals surface area (Å²) in [4.78, 5) is 8.43. The molecule has 0 aliphatic rings. The van der Waals surface area contributed by atoms with Crippen LogP contribution in [0.15, 0.2) is 23.6 Å². The summed E-state index contributed by atoms with van der Waals surface area (Å²) in [7, 11) is -2.97. The van der Waals surface area contributed by atoms with Crippen molar-refractivity contribution in [3.8, 4) is 0 Å². The Morgan fingerprint density at radius 1 is 1.56 bits per heavy atom. The van der Waals surface area contributed by atoms with Gasteiger partial charge in [-0.05, 0) is 0 Å². The first-order valence-corrected chi connectivity index (χ1v) is 8.15. The molecule has 2 aromatic heterocycles. The Hall–Kier alpha value is -1.32. The van der Waals surface area contributed by atoms with Crippen molar-refractivity contribution >= 4 is 33.1 Å². The van der Waals surface area contributed by atoms with Gasteiger partial charge < -0.3 is 9.83 Å². The molecule has 0 aromatic carbocycles. The lowest BCUT2D eigenvalue weighted by atomic mass is 10.6. The van der Waals surface area contributed by atoms with Gasteiger partial charge in [-0.15, -0.1) is 11.8 Å². The highest BCUT2D eigenvalue weighted by Crippen LogP contribution is 2.22. The monoisotopic (exact) mass is 287 g/mol. The summed E-state index contributed by atoms with van der Waals surface area (Å²) in [5.41, 5.74) is 3.15. The molecule has 2 rings (SSSR count). The minimum Gasteiger partial charge on any atom is -0.307 e. The number of aromatic nitrogens is 3. The molecule has 3 N–H and O–H groups in total. The van der Waals surface area contributed by atoms with Gasteiger partial charge in [0.2, 0.25) is 0 Å². The lowest BCUT2D eigenvalue weighted by Gasteiger charge is -2.06. The van der Waals surface area contributed by atoms with Crippen molar-refractivity contribution in [2.75, 3.05) is 23.2 Å². The fourth-order valence-corrected chi connectivity index (χ4v) is 3.55. The highest BCUT2D eigenvalue weighted by atomic mass is 32.2. The van der Waals surface area contributed by atoms with Gasteiger partial charge in [0.25, 0.3) is 0 Å². The molecule has 0 aliphatic carbocycles. The van der Waals surface area contributed by atoms with E-state index in [-0.39, 0.29) is 5.75 Å². The zero-order valence-electron chi connectivity index (χ0n) is 9.70. The number of hydrogen-bond donors (Lipinski definition) is 2. The number of hydrogen-bond acceptors (Lipinski definition) is 7. The third-order valence-electron chi connectivity index (χ3n) is 2.18. The van der Waals surface area contributed by atoms with Crippen LogP contribution < -0.4 is 11.3 Å². The molecule has 98 valence electrons. The number of fused-ring (bicyclic) bond motifs is 1. The highest BCUT2D eigenvalue weighted by molar-refractivity contribution is 8.00. The average molecular weight is 287 g/mol. The number of rotatable bonds is 5. The Kier molecular flexibility index (Phi) is 3.73. The molecule has 0 saturated carbocycles. The van der Waals surface area contributed by atoms with E-state index in [1.165, 1.54) is 18.0 Å². The van der Waals surface area contributed by atoms with E-state index in [9.17, 15) is 8.42 Å². The van der Waals surface area contributed by atoms with Crippen LogP contribution in [0.2, 0.25) is 0 Å². The maximum absolute atomic E-state index is 11.1. The van der Waals surface area contributed by atoms with Crippen LogP contribution in [0.1, 0.15) is 0 Å². The number of nitrogens with one attached hydrogen (secondary N) is 1. The van der Waals surface area contributed by atoms with Crippen LogP contribution in [-0.4, -0.2) is 40.5 Å². The number of sulfone groups is 1. The smallest absolute Gasteiger partial charge is 0.169 e. The summed E-state index contributed by atoms with van der Waals surface area (Å²) in [6, 6.07) is 0. The maximum Gasteiger partial charge on any atom is 0.169 e. The maximum atomic E-state index is 11.1. The van der Waals surface area contributed by atoms with E-state index in [2.05, 4.69) is 15.4 Å². The minimum absolute atomic E-state index is 0.104. The number of imidazole rings is 1. The largest absolute Gasteiger partial charge is 0.307 e. The zero-order valence-corrected chi connectivity index (χ0v) is 11.3. The second-order valence-corrected chi connectivity index (χ2v) is 7.06. The SMILES string of the molecule is CS(=O)(=O)CCSc1nc(NN)cn2ccnc12. The fourth-order valence-electron chi connectivity index (χ4n) is 1.36. The summed E-state index contributed by atoms with van der Waals surface area (Å²) >= 11 is 1.34. The summed E-state index contributed by atoms with van der Waals surface area (Å²) < 4.78 is 23.9. The van der Waals surface area contributed by atoms with Gasteiger partial charge in [-0.2, -0.15) is 0 Å². The topological polar surface area (TPSA) is 102 Å². The van der Waals surface area contributed by atoms with Crippen molar-refractivity contribution in [3.63, 3.8) is 0 Å². The van der Waals surface area contributed by atoms with E-state index in [1.54, 1.807) is 23.0 Å². The Bertz CT molecular complexity index is 652. The van der Waals surface area contributed by atoms with E-state index in [0.29, 0.717) is 22.2 Å². The third kappa shape index (κ3) is 3.12. The van der Waals surface area contributed by atoms with Crippen LogP contribution in [0.3, 0.4) is 0 Å². The van der Waals surface area contributed by atoms with Crippen LogP contribution in [0.4, 0.5) is 5.82 Å². The van der Waals surface area contributed by atoms with Gasteiger partial charge in [-0.1, -0.05) is 0 Å². The Morgan fingerprint density at radius 2 is 2.33 bits per heavy atom. The molecule has 7 nitrogen and oxygen atoms in total. The molecule has 0 spiro atoms. The number of hydrazine groups is 1. The third-order valence-corrected chi connectivity index (χ3v) is 4.34. The first-order chi connectivity index (χ1) is 8.49. The molecule has 0 amide bonds. The number of nitrogens with two attached hydrogens (primary N) is 1. The molecule has 2 aromatic rings. The average Bonchev–Trinajstić information content (AvgIpc) is 2.75. The molecule has 0 aliphatic heterocycles. The lowest BCUT2D eigenvalue weighted by molar-refractivity contribution is 0.603. The molecular weight excluding hydrogens is 274 g/mol. The second-order valence-electron chi connectivity index (χ2n) is 3.71. The standard InChI is InChI=1S/C9H13N5O2S2/c1-18(15,16)5-4-17-9-8-11-2-3-14(8)6-7(12-9)13-10/h2-3,6,13H,4-5,10H2,1H3. The van der Waals surface area contributed by atoms with E-state index in [1.807, 2.05) is 0 Å². The van der Waals surface area contributed by atoms with Crippen molar-refractivity contribution in [2.45, 2.75) is 5.03 Å². The molecule has 0 bridgehead atoms. The van der Waals surface area contributed by atoms with Crippen molar-refractivity contribution < 1.29 is 8.42 Å². The molecule has 0 saturated heterocycles. The quantitative estimate of drug-likeness (QED) is 0.458. The molecule has 0 radical (unpaired) electrons. The van der Waals surface area contributed by atoms with Crippen LogP contribution >= 0.6 is 11.8 Å². The summed E-state index contributed by atoms with van der Waals surface area (Å²) in [5.74, 6) is 6.36. The lowest BCUT2D eigenvalue weighted by Crippen LogP contribution is -2.10. The van der Waals surface area contributed by atoms with Gasteiger partial charge in [-0.3, -0.25) is 0 Å². The number of anilines is 1. The van der Waals surface area contributed by atoms with E-state index >= 15 is 0 Å². The Morgan fingerprint density at radius 3 is 3.00 bits per heavy atom. The highest BCUT2D eigenvalue weighted by Gasteiger charge is 2.09. The predicted octanol–water partition coefficient (Wildman–Crippen LogP) is 0.152. The molecule has 0 atom stereocenters. The van der Waals surface area contributed by atoms with Crippen molar-refractivity contribution in [1.82, 2.24) is 14.4 Å². The van der Waals surface area contributed by atoms with Gasteiger partial charge in [0.1, 0.15) is 14.9 Å². The van der Waals surface area contributed by atoms with Gasteiger partial charge in [0.15, 0.2) is 11.5 Å². The number of thioether (sulfide) groups is 1. The predicted molar refractivity (Wildman–Crippen MR) is 71.2 cm³/mol. The second kappa shape index (κ2) is 5.12. The summed E-state index contributed by atoms with van der Waals surface area (Å²) in [5, 5.41) is 0.652. The molecule has 0 fully saturated rings. The number of nitrogen functional groups attached to an aromatic ring is 1. The van der Waals surface area contributed by atoms with Crippen LogP contribution in [0.25, 0.3) is 5.65 Å². The summed E-state index contributed by atoms with van der Waals surface area (Å²) in [6.07, 6.45) is 6.35. The van der Waals surface area contributed by atoms with Gasteiger partial charge >= 0.3 is 0 Å². The number of nitrogens with zero attached hydrogens (tertiary/aromatic N) is 3. The van der Waals surface area contributed by atoms with Crippen molar-refractivity contribution in [3.05, 3.63) is 18.6 Å². The van der Waals surface area contributed by atoms with Crippen LogP contribution in [0, 0.1) is 0 Å². The van der Waals surface area contributed by atoms with E-state index < -0.39 is 9.84 Å². The van der Waals surface area contributed by atoms with E-state index in [4.69, 9.17) is 5.84 Å². The van der Waals surface area contributed by atoms with Crippen molar-refractivity contribution in [2.24, 2.45) is 5.84 Å². The van der Waals surface area contributed by atoms with Gasteiger partial charge in [0, 0.05) is 24.4 Å². The van der Waals surface area contributed by atoms with E-state index in [0.717, 1.165) is 0 Å². The first kappa shape index (κ1) is 13.1. The molecular formula is C9H13N5O2S2. The molecule has 18 heavy (non-hydrogen) atoms. The van der Waals surface area contributed by atoms with Crippen molar-refractivity contribution in [1.29, 1.82) is 0 Å². The van der Waals surface area contributed by atoms with Gasteiger partial charge in [0.05, 0.1) is 11.9 Å². The molecule has 9 heteroatoms. The molecule has 2 heterocycles. The molecule has 0 unspecified atom stereocenters. The van der Waals surface area contributed by atoms with Crippen LogP contribution in [-0.2, 0) is 9.84 Å². The zero-order chi connectivity index (χ0) is 13.2. The fraction of sp³-hybridized carbons (Fsp3) is 0.333. The normalized spacial score (nSPS) is 11.9. The van der Waals surface area contributed by atoms with Gasteiger partial charge in [-0.25, -0.2) is 24.2 Å². The minimum atomic E-state index is -2.97. The first-order valence-electron chi connectivity index (χ1n) is 5.10. The van der Waals surface area contributed by atoms with Crippen LogP contribution in [0.5, 0.6) is 0 Å².